The number of rotatable bonds is 8. The topological polar surface area (TPSA) is 135 Å². The van der Waals surface area contributed by atoms with E-state index in [-0.39, 0.29) is 32.0 Å². The van der Waals surface area contributed by atoms with E-state index in [1.54, 1.807) is 0 Å². The molecule has 0 saturated heterocycles. The Bertz CT molecular complexity index is 512. The van der Waals surface area contributed by atoms with Crippen LogP contribution in [-0.4, -0.2) is 43.3 Å². The van der Waals surface area contributed by atoms with Gasteiger partial charge in [0.25, 0.3) is 5.79 Å². The Labute approximate surface area is 194 Å². The molecule has 0 saturated carbocycles. The maximum absolute atomic E-state index is 10.8. The highest BCUT2D eigenvalue weighted by Gasteiger charge is 2.27. The summed E-state index contributed by atoms with van der Waals surface area (Å²) in [7, 11) is 0. The van der Waals surface area contributed by atoms with E-state index in [1.165, 1.54) is 13.2 Å². The van der Waals surface area contributed by atoms with Crippen molar-refractivity contribution in [2.75, 3.05) is 26.4 Å². The fourth-order valence-corrected chi connectivity index (χ4v) is 1.53. The SMILES string of the molecule is [CH2]C(CCCC)(OC=C(C)C(=O)O)Oc1ccccc1.[CH2]C[O].[CH2]C[O].[CH2]C[O].[CH2]C[O]. The predicted molar refractivity (Wildman–Crippen MR) is 121 cm³/mol. The lowest BCUT2D eigenvalue weighted by Crippen LogP contribution is -2.34. The summed E-state index contributed by atoms with van der Waals surface area (Å²) in [5.41, 5.74) is 0.103. The smallest absolute Gasteiger partial charge is 0.334 e. The van der Waals surface area contributed by atoms with Gasteiger partial charge in [-0.25, -0.2) is 25.2 Å². The molecule has 0 bridgehead atoms. The predicted octanol–water partition coefficient (Wildman–Crippen LogP) is 4.79. The first-order valence-electron chi connectivity index (χ1n) is 9.79. The molecule has 0 spiro atoms. The van der Waals surface area contributed by atoms with E-state index < -0.39 is 11.8 Å². The normalized spacial score (nSPS) is 11.3. The molecule has 1 atom stereocenters. The van der Waals surface area contributed by atoms with Crippen LogP contribution >= 0.6 is 0 Å². The summed E-state index contributed by atoms with van der Waals surface area (Å²) < 4.78 is 11.2. The van der Waals surface area contributed by atoms with Crippen molar-refractivity contribution in [3.63, 3.8) is 0 Å². The molecule has 0 aliphatic heterocycles. The van der Waals surface area contributed by atoms with Crippen LogP contribution in [0.3, 0.4) is 0 Å². The minimum atomic E-state index is -1.12. The number of para-hydroxylation sites is 1. The van der Waals surface area contributed by atoms with Gasteiger partial charge < -0.3 is 14.6 Å². The van der Waals surface area contributed by atoms with Crippen LogP contribution in [0.25, 0.3) is 0 Å². The highest BCUT2D eigenvalue weighted by atomic mass is 16.7. The van der Waals surface area contributed by atoms with Crippen molar-refractivity contribution in [2.45, 2.75) is 38.9 Å². The Morgan fingerprint density at radius 1 is 0.969 bits per heavy atom. The van der Waals surface area contributed by atoms with Gasteiger partial charge in [0.05, 0.1) is 38.3 Å². The molecule has 1 unspecified atom stereocenters. The maximum atomic E-state index is 10.8. The van der Waals surface area contributed by atoms with E-state index in [0.29, 0.717) is 12.2 Å². The van der Waals surface area contributed by atoms with E-state index in [2.05, 4.69) is 41.5 Å². The summed E-state index contributed by atoms with van der Waals surface area (Å²) in [4.78, 5) is 10.8. The molecule has 32 heavy (non-hydrogen) atoms. The lowest BCUT2D eigenvalue weighted by molar-refractivity contribution is -0.134. The average Bonchev–Trinajstić information content (AvgIpc) is 2.74. The molecule has 9 radical (unpaired) electrons. The molecular formula is C24H37O8. The first-order chi connectivity index (χ1) is 15.1. The third-order valence-electron chi connectivity index (χ3n) is 2.75. The molecule has 0 fully saturated rings. The fourth-order valence-electron chi connectivity index (χ4n) is 1.53. The molecule has 0 amide bonds. The van der Waals surface area contributed by atoms with Crippen LogP contribution < -0.4 is 4.74 Å². The first-order valence-corrected chi connectivity index (χ1v) is 9.79. The van der Waals surface area contributed by atoms with E-state index in [1.807, 2.05) is 30.3 Å². The van der Waals surface area contributed by atoms with Crippen LogP contribution in [0.1, 0.15) is 33.1 Å². The lowest BCUT2D eigenvalue weighted by atomic mass is 10.1. The van der Waals surface area contributed by atoms with Gasteiger partial charge in [-0.05, 0) is 53.2 Å². The molecule has 0 aliphatic carbocycles. The molecule has 8 heteroatoms. The Hall–Kier alpha value is -2.13. The number of carboxylic acid groups (broad SMARTS) is 1. The van der Waals surface area contributed by atoms with Crippen molar-refractivity contribution in [3.8, 4) is 5.75 Å². The van der Waals surface area contributed by atoms with Gasteiger partial charge in [-0.2, -0.15) is 0 Å². The van der Waals surface area contributed by atoms with Crippen LogP contribution in [0, 0.1) is 34.6 Å². The third kappa shape index (κ3) is 30.1. The van der Waals surface area contributed by atoms with Gasteiger partial charge in [-0.1, -0.05) is 31.5 Å². The molecule has 1 aromatic rings. The van der Waals surface area contributed by atoms with E-state index in [9.17, 15) is 4.79 Å². The van der Waals surface area contributed by atoms with Crippen molar-refractivity contribution < 1.29 is 39.8 Å². The second-order valence-corrected chi connectivity index (χ2v) is 5.47. The number of hydrogen-bond donors (Lipinski definition) is 1. The van der Waals surface area contributed by atoms with Crippen LogP contribution in [-0.2, 0) is 30.0 Å². The Morgan fingerprint density at radius 3 is 1.72 bits per heavy atom. The summed E-state index contributed by atoms with van der Waals surface area (Å²) in [6.07, 6.45) is 3.60. The van der Waals surface area contributed by atoms with Gasteiger partial charge in [0.15, 0.2) is 0 Å². The van der Waals surface area contributed by atoms with Crippen molar-refractivity contribution in [1.29, 1.82) is 0 Å². The Balaban J connectivity index is -0.000000272. The summed E-state index contributed by atoms with van der Waals surface area (Å²) in [6.45, 7) is 18.2. The quantitative estimate of drug-likeness (QED) is 0.344. The number of aliphatic carboxylic acids is 1. The number of carboxylic acids is 1. The molecular weight excluding hydrogens is 416 g/mol. The first kappa shape index (κ1) is 37.2. The fraction of sp³-hybridized carbons (Fsp3) is 0.417. The van der Waals surface area contributed by atoms with Crippen LogP contribution in [0.5, 0.6) is 5.75 Å². The molecule has 181 valence electrons. The number of ether oxygens (including phenoxy) is 2. The van der Waals surface area contributed by atoms with Gasteiger partial charge in [-0.15, -0.1) is 0 Å². The second-order valence-electron chi connectivity index (χ2n) is 5.47. The van der Waals surface area contributed by atoms with Gasteiger partial charge in [0, 0.05) is 13.3 Å². The molecule has 1 N–H and O–H groups in total. The van der Waals surface area contributed by atoms with E-state index in [4.69, 9.17) is 35.0 Å². The summed E-state index contributed by atoms with van der Waals surface area (Å²) in [5, 5.41) is 44.1. The van der Waals surface area contributed by atoms with Crippen LogP contribution in [0.2, 0.25) is 0 Å². The Morgan fingerprint density at radius 2 is 1.38 bits per heavy atom. The zero-order chi connectivity index (χ0) is 25.8. The van der Waals surface area contributed by atoms with Crippen molar-refractivity contribution in [1.82, 2.24) is 0 Å². The second kappa shape index (κ2) is 28.9. The van der Waals surface area contributed by atoms with Crippen LogP contribution in [0.15, 0.2) is 42.2 Å². The van der Waals surface area contributed by atoms with E-state index in [0.717, 1.165) is 12.8 Å². The Kier molecular flexibility index (Phi) is 33.6. The minimum Gasteiger partial charge on any atom is -0.478 e. The van der Waals surface area contributed by atoms with Crippen molar-refractivity contribution >= 4 is 5.97 Å². The summed E-state index contributed by atoms with van der Waals surface area (Å²) in [6, 6.07) is 9.22. The van der Waals surface area contributed by atoms with Gasteiger partial charge in [0.1, 0.15) is 5.75 Å². The van der Waals surface area contributed by atoms with Gasteiger partial charge in [0.2, 0.25) is 0 Å². The zero-order valence-electron chi connectivity index (χ0n) is 19.3. The van der Waals surface area contributed by atoms with Crippen LogP contribution in [0.4, 0.5) is 0 Å². The highest BCUT2D eigenvalue weighted by molar-refractivity contribution is 5.85. The molecule has 1 aromatic carbocycles. The zero-order valence-corrected chi connectivity index (χ0v) is 19.3. The van der Waals surface area contributed by atoms with E-state index >= 15 is 0 Å². The molecule has 0 aromatic heterocycles. The summed E-state index contributed by atoms with van der Waals surface area (Å²) in [5.74, 6) is -1.50. The largest absolute Gasteiger partial charge is 0.478 e. The molecule has 1 rings (SSSR count). The van der Waals surface area contributed by atoms with Crippen molar-refractivity contribution in [3.05, 3.63) is 76.8 Å². The molecule has 0 heterocycles. The maximum Gasteiger partial charge on any atom is 0.334 e. The monoisotopic (exact) mass is 453 g/mol. The lowest BCUT2D eigenvalue weighted by Gasteiger charge is -2.29. The average molecular weight is 454 g/mol. The van der Waals surface area contributed by atoms with Gasteiger partial charge >= 0.3 is 5.97 Å². The molecule has 8 nitrogen and oxygen atoms in total. The third-order valence-corrected chi connectivity index (χ3v) is 2.75. The number of carbonyl (C=O) groups is 1. The number of benzene rings is 1. The highest BCUT2D eigenvalue weighted by Crippen LogP contribution is 2.24. The van der Waals surface area contributed by atoms with Gasteiger partial charge in [-0.3, -0.25) is 0 Å². The summed E-state index contributed by atoms with van der Waals surface area (Å²) >= 11 is 0. The molecule has 0 aliphatic rings. The number of hydrogen-bond acceptors (Lipinski definition) is 3. The van der Waals surface area contributed by atoms with Crippen molar-refractivity contribution in [2.24, 2.45) is 0 Å². The minimum absolute atomic E-state index is 0.103. The standard InChI is InChI=1S/C16H21O4.4C2H4O/c1-4-5-11-16(3,19-12-13(2)15(17)18)20-14-9-7-6-8-10-14;4*1-2-3/h6-10,12H,3-5,11H2,1-2H3,(H,17,18);4*1-2H2. The number of unbranched alkanes of at least 4 members (excludes halogenated alkanes) is 1.